The van der Waals surface area contributed by atoms with Gasteiger partial charge < -0.3 is 14.4 Å². The summed E-state index contributed by atoms with van der Waals surface area (Å²) < 4.78 is 13.2. The molecular formula is C54H38N2O2. The summed E-state index contributed by atoms with van der Waals surface area (Å²) in [5.74, 6) is 2.93. The summed E-state index contributed by atoms with van der Waals surface area (Å²) in [6.45, 7) is 4.70. The smallest absolute Gasteiger partial charge is 0.178 e. The molecule has 0 spiro atoms. The van der Waals surface area contributed by atoms with Gasteiger partial charge in [0.1, 0.15) is 0 Å². The van der Waals surface area contributed by atoms with Crippen LogP contribution >= 0.6 is 0 Å². The van der Waals surface area contributed by atoms with Crippen molar-refractivity contribution in [3.8, 4) is 45.3 Å². The normalized spacial score (nSPS) is 16.8. The van der Waals surface area contributed by atoms with Crippen molar-refractivity contribution < 1.29 is 9.47 Å². The van der Waals surface area contributed by atoms with Gasteiger partial charge in [0.25, 0.3) is 0 Å². The molecule has 4 nitrogen and oxygen atoms in total. The topological polar surface area (TPSA) is 34.1 Å². The molecule has 2 aliphatic heterocycles. The van der Waals surface area contributed by atoms with E-state index in [4.69, 9.17) is 9.47 Å². The predicted octanol–water partition coefficient (Wildman–Crippen LogP) is 14.0. The van der Waals surface area contributed by atoms with Crippen LogP contribution < -0.4 is 14.4 Å². The molecule has 1 atom stereocenters. The van der Waals surface area contributed by atoms with Gasteiger partial charge in [0.05, 0.1) is 11.1 Å². The molecule has 0 amide bonds. The van der Waals surface area contributed by atoms with Gasteiger partial charge in [-0.05, 0) is 116 Å². The second-order valence-electron chi connectivity index (χ2n) is 16.2. The molecule has 58 heavy (non-hydrogen) atoms. The number of hydrogen-bond acceptors (Lipinski definition) is 4. The number of benzene rings is 8. The number of ether oxygens (including phenoxy) is 2. The second kappa shape index (κ2) is 12.2. The van der Waals surface area contributed by atoms with Gasteiger partial charge in [0.15, 0.2) is 23.0 Å². The molecule has 0 radical (unpaired) electrons. The lowest BCUT2D eigenvalue weighted by Crippen LogP contribution is -2.28. The molecule has 276 valence electrons. The molecule has 2 aliphatic carbocycles. The summed E-state index contributed by atoms with van der Waals surface area (Å²) >= 11 is 0. The average Bonchev–Trinajstić information content (AvgIpc) is 3.93. The molecular weight excluding hydrogens is 709 g/mol. The highest BCUT2D eigenvalue weighted by molar-refractivity contribution is 5.93. The Labute approximate surface area is 338 Å². The number of nitrogens with zero attached hydrogens (tertiary/aromatic N) is 2. The highest BCUT2D eigenvalue weighted by atomic mass is 16.6. The van der Waals surface area contributed by atoms with Crippen LogP contribution in [0.3, 0.4) is 0 Å². The highest BCUT2D eigenvalue weighted by Gasteiger charge is 2.48. The van der Waals surface area contributed by atoms with Crippen LogP contribution in [0.5, 0.6) is 23.0 Å². The van der Waals surface area contributed by atoms with Crippen molar-refractivity contribution in [2.45, 2.75) is 31.1 Å². The van der Waals surface area contributed by atoms with Crippen molar-refractivity contribution >= 4 is 29.0 Å². The van der Waals surface area contributed by atoms with Crippen LogP contribution in [-0.4, -0.2) is 6.21 Å². The maximum Gasteiger partial charge on any atom is 0.178 e. The van der Waals surface area contributed by atoms with E-state index in [2.05, 4.69) is 175 Å². The standard InChI is InChI=1S/C54H38N2O2/c1-53(2)43-16-8-6-14-40(43)41-26-24-39(33-46(41)53)56(38-25-28-47-34(32-38)30-31-55-47)37-22-20-36(21-23-37)54(35-12-4-3-5-13-35)44-17-9-7-15-42(44)51-45(54)27-29-50-52(51)58-49-19-11-10-18-48(49)57-50/h3-29,31-33H,30H2,1-2H3. The van der Waals surface area contributed by atoms with E-state index in [-0.39, 0.29) is 5.41 Å². The first-order valence-electron chi connectivity index (χ1n) is 20.1. The van der Waals surface area contributed by atoms with E-state index in [0.717, 1.165) is 63.3 Å². The number of aliphatic imine (C=N–C) groups is 1. The summed E-state index contributed by atoms with van der Waals surface area (Å²) in [6.07, 6.45) is 2.85. The quantitative estimate of drug-likeness (QED) is 0.176. The summed E-state index contributed by atoms with van der Waals surface area (Å²) in [5, 5.41) is 0. The minimum atomic E-state index is -0.611. The molecule has 0 bridgehead atoms. The molecule has 0 fully saturated rings. The van der Waals surface area contributed by atoms with Gasteiger partial charge in [-0.15, -0.1) is 0 Å². The molecule has 0 N–H and O–H groups in total. The Morgan fingerprint density at radius 2 is 1.12 bits per heavy atom. The van der Waals surface area contributed by atoms with Gasteiger partial charge in [0.2, 0.25) is 0 Å². The van der Waals surface area contributed by atoms with Gasteiger partial charge in [-0.2, -0.15) is 0 Å². The maximum atomic E-state index is 6.75. The lowest BCUT2D eigenvalue weighted by molar-refractivity contribution is 0.360. The van der Waals surface area contributed by atoms with Crippen LogP contribution in [0.15, 0.2) is 181 Å². The van der Waals surface area contributed by atoms with E-state index in [9.17, 15) is 0 Å². The summed E-state index contributed by atoms with van der Waals surface area (Å²) in [7, 11) is 0. The van der Waals surface area contributed by atoms with Crippen molar-refractivity contribution in [1.82, 2.24) is 0 Å². The molecule has 0 saturated heterocycles. The van der Waals surface area contributed by atoms with Crippen molar-refractivity contribution in [3.63, 3.8) is 0 Å². The van der Waals surface area contributed by atoms with Gasteiger partial charge >= 0.3 is 0 Å². The van der Waals surface area contributed by atoms with Crippen molar-refractivity contribution in [2.75, 3.05) is 4.90 Å². The highest BCUT2D eigenvalue weighted by Crippen LogP contribution is 2.62. The fraction of sp³-hybridized carbons (Fsp3) is 0.0926. The Morgan fingerprint density at radius 1 is 0.483 bits per heavy atom. The third-order valence-corrected chi connectivity index (χ3v) is 12.9. The molecule has 0 aromatic heterocycles. The molecule has 12 rings (SSSR count). The fourth-order valence-corrected chi connectivity index (χ4v) is 10.2. The lowest BCUT2D eigenvalue weighted by atomic mass is 9.67. The lowest BCUT2D eigenvalue weighted by Gasteiger charge is -2.35. The van der Waals surface area contributed by atoms with E-state index < -0.39 is 5.41 Å². The zero-order chi connectivity index (χ0) is 38.6. The van der Waals surface area contributed by atoms with Crippen LogP contribution in [0.4, 0.5) is 22.7 Å². The maximum absolute atomic E-state index is 6.75. The summed E-state index contributed by atoms with van der Waals surface area (Å²) in [6, 6.07) is 63.7. The Hall–Kier alpha value is -7.17. The molecule has 4 aliphatic rings. The molecule has 1 unspecified atom stereocenters. The van der Waals surface area contributed by atoms with Crippen LogP contribution in [0.2, 0.25) is 0 Å². The first-order chi connectivity index (χ1) is 28.5. The predicted molar refractivity (Wildman–Crippen MR) is 234 cm³/mol. The Balaban J connectivity index is 1.04. The zero-order valence-electron chi connectivity index (χ0n) is 32.2. The van der Waals surface area contributed by atoms with E-state index in [1.54, 1.807) is 0 Å². The third-order valence-electron chi connectivity index (χ3n) is 12.9. The number of para-hydroxylation sites is 2. The van der Waals surface area contributed by atoms with Gasteiger partial charge in [-0.3, -0.25) is 4.99 Å². The van der Waals surface area contributed by atoms with E-state index in [1.165, 1.54) is 50.1 Å². The van der Waals surface area contributed by atoms with Gasteiger partial charge in [-0.25, -0.2) is 0 Å². The number of rotatable bonds is 5. The van der Waals surface area contributed by atoms with Crippen LogP contribution in [-0.2, 0) is 17.3 Å². The number of anilines is 3. The number of hydrogen-bond donors (Lipinski definition) is 0. The fourth-order valence-electron chi connectivity index (χ4n) is 10.2. The monoisotopic (exact) mass is 746 g/mol. The second-order valence-corrected chi connectivity index (χ2v) is 16.2. The minimum absolute atomic E-state index is 0.120. The van der Waals surface area contributed by atoms with E-state index in [0.29, 0.717) is 0 Å². The molecule has 8 aromatic rings. The van der Waals surface area contributed by atoms with Gasteiger partial charge in [-0.1, -0.05) is 129 Å². The Kier molecular flexibility index (Phi) is 6.92. The summed E-state index contributed by atoms with van der Waals surface area (Å²) in [4.78, 5) is 7.05. The largest absolute Gasteiger partial charge is 0.449 e. The third kappa shape index (κ3) is 4.54. The molecule has 0 saturated carbocycles. The Morgan fingerprint density at radius 3 is 1.95 bits per heavy atom. The first kappa shape index (κ1) is 33.0. The van der Waals surface area contributed by atoms with Gasteiger partial charge in [0, 0.05) is 40.7 Å². The Bertz CT molecular complexity index is 3020. The number of fused-ring (bicyclic) bond motifs is 10. The average molecular weight is 747 g/mol. The zero-order valence-corrected chi connectivity index (χ0v) is 32.2. The van der Waals surface area contributed by atoms with E-state index in [1.807, 2.05) is 30.5 Å². The van der Waals surface area contributed by atoms with Crippen LogP contribution in [0, 0.1) is 0 Å². The SMILES string of the molecule is CC1(C)c2ccccc2-c2ccc(N(c3ccc(C4(c5ccccc5)c5ccccc5-c5c4ccc4c5Oc5ccccc5O4)cc3)c3ccc4c(c3)CC=N4)cc21. The van der Waals surface area contributed by atoms with Crippen LogP contribution in [0.1, 0.15) is 52.8 Å². The first-order valence-corrected chi connectivity index (χ1v) is 20.1. The van der Waals surface area contributed by atoms with Crippen molar-refractivity contribution in [3.05, 3.63) is 215 Å². The van der Waals surface area contributed by atoms with Crippen molar-refractivity contribution in [2.24, 2.45) is 4.99 Å². The van der Waals surface area contributed by atoms with Crippen LogP contribution in [0.25, 0.3) is 22.3 Å². The van der Waals surface area contributed by atoms with E-state index >= 15 is 0 Å². The minimum Gasteiger partial charge on any atom is -0.449 e. The molecule has 4 heteroatoms. The summed E-state index contributed by atoms with van der Waals surface area (Å²) in [5.41, 5.74) is 17.2. The molecule has 8 aromatic carbocycles. The van der Waals surface area contributed by atoms with Crippen molar-refractivity contribution in [1.29, 1.82) is 0 Å². The molecule has 2 heterocycles.